The third kappa shape index (κ3) is 4.37. The molecule has 90 valence electrons. The van der Waals surface area contributed by atoms with E-state index in [2.05, 4.69) is 9.47 Å². The Hall–Kier alpha value is -0.800. The van der Waals surface area contributed by atoms with Crippen molar-refractivity contribution in [3.8, 4) is 11.5 Å². The smallest absolute Gasteiger partial charge is 0.435 e. The van der Waals surface area contributed by atoms with Crippen LogP contribution in [-0.2, 0) is 0 Å². The van der Waals surface area contributed by atoms with Crippen molar-refractivity contribution >= 4 is 22.6 Å². The number of alkyl halides is 5. The summed E-state index contributed by atoms with van der Waals surface area (Å²) >= 11 is 1.52. The Bertz CT molecular complexity index is 366. The molecule has 0 fully saturated rings. The summed E-state index contributed by atoms with van der Waals surface area (Å²) < 4.78 is 66.8. The molecule has 0 spiro atoms. The second-order valence-corrected chi connectivity index (χ2v) is 3.68. The summed E-state index contributed by atoms with van der Waals surface area (Å²) in [7, 11) is 0. The van der Waals surface area contributed by atoms with Gasteiger partial charge in [-0.1, -0.05) is 0 Å². The highest BCUT2D eigenvalue weighted by atomic mass is 127. The SMILES string of the molecule is FC(F)Oc1ccc(OC(F)(F)F)c(I)c1. The number of hydrogen-bond acceptors (Lipinski definition) is 2. The summed E-state index contributed by atoms with van der Waals surface area (Å²) in [5.41, 5.74) is 0. The van der Waals surface area contributed by atoms with Crippen LogP contribution in [-0.4, -0.2) is 13.0 Å². The van der Waals surface area contributed by atoms with Crippen molar-refractivity contribution in [3.63, 3.8) is 0 Å². The Morgan fingerprint density at radius 2 is 1.81 bits per heavy atom. The van der Waals surface area contributed by atoms with E-state index in [-0.39, 0.29) is 9.32 Å². The van der Waals surface area contributed by atoms with Crippen LogP contribution in [0.25, 0.3) is 0 Å². The highest BCUT2D eigenvalue weighted by Crippen LogP contribution is 2.30. The molecule has 2 nitrogen and oxygen atoms in total. The van der Waals surface area contributed by atoms with Gasteiger partial charge in [0.2, 0.25) is 0 Å². The van der Waals surface area contributed by atoms with Gasteiger partial charge in [0.05, 0.1) is 3.57 Å². The van der Waals surface area contributed by atoms with Crippen LogP contribution in [0.3, 0.4) is 0 Å². The van der Waals surface area contributed by atoms with Gasteiger partial charge in [-0.05, 0) is 40.8 Å². The first-order valence-corrected chi connectivity index (χ1v) is 4.86. The molecule has 16 heavy (non-hydrogen) atoms. The number of ether oxygens (including phenoxy) is 2. The summed E-state index contributed by atoms with van der Waals surface area (Å²) in [5.74, 6) is -0.691. The standard InChI is InChI=1S/C8H4F5IO2/c9-7(10)15-4-1-2-6(5(14)3-4)16-8(11,12)13/h1-3,7H. The van der Waals surface area contributed by atoms with Gasteiger partial charge in [-0.2, -0.15) is 8.78 Å². The molecule has 0 saturated heterocycles. The van der Waals surface area contributed by atoms with Crippen LogP contribution in [0.1, 0.15) is 0 Å². The van der Waals surface area contributed by atoms with E-state index >= 15 is 0 Å². The van der Waals surface area contributed by atoms with Crippen molar-refractivity contribution in [1.82, 2.24) is 0 Å². The molecular formula is C8H4F5IO2. The van der Waals surface area contributed by atoms with Crippen LogP contribution in [0, 0.1) is 3.57 Å². The van der Waals surface area contributed by atoms with Crippen molar-refractivity contribution in [3.05, 3.63) is 21.8 Å². The van der Waals surface area contributed by atoms with Gasteiger partial charge < -0.3 is 9.47 Å². The van der Waals surface area contributed by atoms with E-state index in [9.17, 15) is 22.0 Å². The van der Waals surface area contributed by atoms with Gasteiger partial charge in [-0.3, -0.25) is 0 Å². The molecule has 0 aliphatic carbocycles. The number of rotatable bonds is 3. The maximum Gasteiger partial charge on any atom is 0.573 e. The van der Waals surface area contributed by atoms with Crippen LogP contribution in [0.5, 0.6) is 11.5 Å². The van der Waals surface area contributed by atoms with Gasteiger partial charge in [0, 0.05) is 0 Å². The Morgan fingerprint density at radius 1 is 1.19 bits per heavy atom. The molecule has 0 aliphatic rings. The van der Waals surface area contributed by atoms with Gasteiger partial charge in [0.15, 0.2) is 0 Å². The zero-order chi connectivity index (χ0) is 12.3. The van der Waals surface area contributed by atoms with Crippen LogP contribution in [0.2, 0.25) is 0 Å². The Kier molecular flexibility index (Phi) is 4.16. The molecule has 0 heterocycles. The molecule has 0 N–H and O–H groups in total. The van der Waals surface area contributed by atoms with E-state index in [0.29, 0.717) is 0 Å². The number of hydrogen-bond donors (Lipinski definition) is 0. The van der Waals surface area contributed by atoms with Crippen LogP contribution in [0.4, 0.5) is 22.0 Å². The second kappa shape index (κ2) is 5.02. The van der Waals surface area contributed by atoms with Gasteiger partial charge in [-0.15, -0.1) is 13.2 Å². The first-order valence-electron chi connectivity index (χ1n) is 3.78. The van der Waals surface area contributed by atoms with Crippen molar-refractivity contribution < 1.29 is 31.4 Å². The Labute approximate surface area is 100 Å². The third-order valence-electron chi connectivity index (χ3n) is 1.35. The molecule has 0 unspecified atom stereocenters. The molecule has 0 aromatic heterocycles. The van der Waals surface area contributed by atoms with Gasteiger partial charge in [-0.25, -0.2) is 0 Å². The molecule has 1 aromatic carbocycles. The topological polar surface area (TPSA) is 18.5 Å². The van der Waals surface area contributed by atoms with Crippen LogP contribution in [0.15, 0.2) is 18.2 Å². The van der Waals surface area contributed by atoms with E-state index in [4.69, 9.17) is 0 Å². The fourth-order valence-corrected chi connectivity index (χ4v) is 1.46. The average Bonchev–Trinajstić information content (AvgIpc) is 2.06. The summed E-state index contributed by atoms with van der Waals surface area (Å²) in [4.78, 5) is 0. The van der Waals surface area contributed by atoms with Crippen LogP contribution >= 0.6 is 22.6 Å². The molecule has 1 rings (SSSR count). The molecule has 8 heteroatoms. The summed E-state index contributed by atoms with van der Waals surface area (Å²) in [5, 5.41) is 0. The van der Waals surface area contributed by atoms with Crippen molar-refractivity contribution in [2.24, 2.45) is 0 Å². The Morgan fingerprint density at radius 3 is 2.25 bits per heavy atom. The number of halogens is 6. The van der Waals surface area contributed by atoms with Gasteiger partial charge in [0.25, 0.3) is 0 Å². The molecule has 0 aliphatic heterocycles. The number of benzene rings is 1. The molecule has 0 saturated carbocycles. The summed E-state index contributed by atoms with van der Waals surface area (Å²) in [6.07, 6.45) is -4.81. The molecule has 0 amide bonds. The first-order chi connectivity index (χ1) is 7.28. The van der Waals surface area contributed by atoms with E-state index in [0.717, 1.165) is 18.2 Å². The molecule has 1 aromatic rings. The zero-order valence-electron chi connectivity index (χ0n) is 7.39. The van der Waals surface area contributed by atoms with Crippen molar-refractivity contribution in [2.45, 2.75) is 13.0 Å². The molecule has 0 bridgehead atoms. The largest absolute Gasteiger partial charge is 0.573 e. The lowest BCUT2D eigenvalue weighted by molar-refractivity contribution is -0.275. The minimum Gasteiger partial charge on any atom is -0.435 e. The monoisotopic (exact) mass is 354 g/mol. The summed E-state index contributed by atoms with van der Waals surface area (Å²) in [6.45, 7) is -3.02. The molecule has 0 atom stereocenters. The second-order valence-electron chi connectivity index (χ2n) is 2.52. The predicted octanol–water partition coefficient (Wildman–Crippen LogP) is 3.79. The normalized spacial score (nSPS) is 11.7. The van der Waals surface area contributed by atoms with E-state index in [1.165, 1.54) is 22.6 Å². The van der Waals surface area contributed by atoms with E-state index in [1.807, 2.05) is 0 Å². The minimum atomic E-state index is -4.81. The van der Waals surface area contributed by atoms with Gasteiger partial charge in [0.1, 0.15) is 11.5 Å². The van der Waals surface area contributed by atoms with Crippen molar-refractivity contribution in [2.75, 3.05) is 0 Å². The third-order valence-corrected chi connectivity index (χ3v) is 2.20. The zero-order valence-corrected chi connectivity index (χ0v) is 9.55. The molecular weight excluding hydrogens is 350 g/mol. The van der Waals surface area contributed by atoms with E-state index < -0.39 is 18.7 Å². The summed E-state index contributed by atoms with van der Waals surface area (Å²) in [6, 6.07) is 2.90. The molecule has 0 radical (unpaired) electrons. The Balaban J connectivity index is 2.83. The predicted molar refractivity (Wildman–Crippen MR) is 52.5 cm³/mol. The van der Waals surface area contributed by atoms with Crippen molar-refractivity contribution in [1.29, 1.82) is 0 Å². The minimum absolute atomic E-state index is 0.0214. The quantitative estimate of drug-likeness (QED) is 0.608. The van der Waals surface area contributed by atoms with E-state index in [1.54, 1.807) is 0 Å². The highest BCUT2D eigenvalue weighted by molar-refractivity contribution is 14.1. The lowest BCUT2D eigenvalue weighted by atomic mass is 10.3. The lowest BCUT2D eigenvalue weighted by Gasteiger charge is -2.11. The first kappa shape index (κ1) is 13.3. The van der Waals surface area contributed by atoms with Gasteiger partial charge >= 0.3 is 13.0 Å². The maximum absolute atomic E-state index is 11.9. The maximum atomic E-state index is 11.9. The highest BCUT2D eigenvalue weighted by Gasteiger charge is 2.32. The fourth-order valence-electron chi connectivity index (χ4n) is 0.865. The fraction of sp³-hybridized carbons (Fsp3) is 0.250. The lowest BCUT2D eigenvalue weighted by Crippen LogP contribution is -2.17. The average molecular weight is 354 g/mol. The van der Waals surface area contributed by atoms with Crippen LogP contribution < -0.4 is 9.47 Å².